The van der Waals surface area contributed by atoms with Crippen molar-refractivity contribution >= 4 is 38.9 Å². The molecule has 0 aliphatic carbocycles. The van der Waals surface area contributed by atoms with Crippen molar-refractivity contribution in [3.05, 3.63) is 28.2 Å². The molecule has 1 aromatic carbocycles. The summed E-state index contributed by atoms with van der Waals surface area (Å²) < 4.78 is 25.5. The number of sulfonamides is 1. The Morgan fingerprint density at radius 2 is 1.67 bits per heavy atom. The van der Waals surface area contributed by atoms with E-state index in [2.05, 4.69) is 4.72 Å². The van der Waals surface area contributed by atoms with Gasteiger partial charge < -0.3 is 0 Å². The van der Waals surface area contributed by atoms with Crippen molar-refractivity contribution in [2.24, 2.45) is 0 Å². The van der Waals surface area contributed by atoms with E-state index in [4.69, 9.17) is 23.2 Å². The van der Waals surface area contributed by atoms with Crippen molar-refractivity contribution < 1.29 is 8.42 Å². The third-order valence-corrected chi connectivity index (χ3v) is 4.19. The zero-order chi connectivity index (χ0) is 11.6. The third-order valence-electron chi connectivity index (χ3n) is 1.83. The molecule has 0 bridgehead atoms. The van der Waals surface area contributed by atoms with Gasteiger partial charge in [0.05, 0.1) is 21.0 Å². The van der Waals surface area contributed by atoms with Gasteiger partial charge in [-0.05, 0) is 26.0 Å². The average Bonchev–Trinajstić information content (AvgIpc) is 2.11. The van der Waals surface area contributed by atoms with Crippen LogP contribution in [0.1, 0.15) is 13.8 Å². The Balaban J connectivity index is 3.11. The van der Waals surface area contributed by atoms with Crippen LogP contribution in [0, 0.1) is 0 Å². The molecule has 1 aromatic rings. The van der Waals surface area contributed by atoms with Crippen molar-refractivity contribution in [2.75, 3.05) is 4.72 Å². The molecule has 0 aromatic heterocycles. The molecule has 0 aliphatic rings. The first-order valence-corrected chi connectivity index (χ1v) is 6.60. The van der Waals surface area contributed by atoms with Crippen LogP contribution in [0.25, 0.3) is 0 Å². The number of hydrogen-bond acceptors (Lipinski definition) is 2. The SMILES string of the molecule is CC(C)S(=O)(=O)Nc1c(Cl)cccc1Cl. The van der Waals surface area contributed by atoms with Gasteiger partial charge in [-0.3, -0.25) is 4.72 Å². The normalized spacial score (nSPS) is 11.8. The lowest BCUT2D eigenvalue weighted by Crippen LogP contribution is -2.22. The van der Waals surface area contributed by atoms with E-state index in [9.17, 15) is 8.42 Å². The zero-order valence-electron chi connectivity index (χ0n) is 8.29. The van der Waals surface area contributed by atoms with Gasteiger partial charge in [0, 0.05) is 0 Å². The maximum absolute atomic E-state index is 11.6. The number of halogens is 2. The van der Waals surface area contributed by atoms with Crippen LogP contribution in [-0.4, -0.2) is 13.7 Å². The first-order chi connectivity index (χ1) is 6.84. The monoisotopic (exact) mass is 267 g/mol. The highest BCUT2D eigenvalue weighted by atomic mass is 35.5. The topological polar surface area (TPSA) is 46.2 Å². The van der Waals surface area contributed by atoms with Crippen LogP contribution in [0.2, 0.25) is 10.0 Å². The first-order valence-electron chi connectivity index (χ1n) is 4.30. The number of rotatable bonds is 3. The van der Waals surface area contributed by atoms with Crippen molar-refractivity contribution in [1.29, 1.82) is 0 Å². The number of hydrogen-bond donors (Lipinski definition) is 1. The van der Waals surface area contributed by atoms with E-state index in [0.29, 0.717) is 0 Å². The standard InChI is InChI=1S/C9H11Cl2NO2S/c1-6(2)15(13,14)12-9-7(10)4-3-5-8(9)11/h3-6,12H,1-2H3. The largest absolute Gasteiger partial charge is 0.280 e. The second kappa shape index (κ2) is 4.60. The lowest BCUT2D eigenvalue weighted by Gasteiger charge is -2.13. The molecule has 0 amide bonds. The predicted octanol–water partition coefficient (Wildman–Crippen LogP) is 3.14. The molecule has 0 saturated heterocycles. The Morgan fingerprint density at radius 1 is 1.20 bits per heavy atom. The minimum absolute atomic E-state index is 0.231. The summed E-state index contributed by atoms with van der Waals surface area (Å²) in [6, 6.07) is 4.80. The third kappa shape index (κ3) is 3.00. The average molecular weight is 268 g/mol. The molecule has 6 heteroatoms. The summed E-state index contributed by atoms with van der Waals surface area (Å²) >= 11 is 11.7. The van der Waals surface area contributed by atoms with Crippen LogP contribution in [0.3, 0.4) is 0 Å². The van der Waals surface area contributed by atoms with Gasteiger partial charge in [0.25, 0.3) is 0 Å². The summed E-state index contributed by atoms with van der Waals surface area (Å²) in [5, 5.41) is 0.0308. The molecule has 84 valence electrons. The van der Waals surface area contributed by atoms with E-state index < -0.39 is 15.3 Å². The zero-order valence-corrected chi connectivity index (χ0v) is 10.6. The molecular weight excluding hydrogens is 257 g/mol. The van der Waals surface area contributed by atoms with E-state index in [-0.39, 0.29) is 15.7 Å². The van der Waals surface area contributed by atoms with Gasteiger partial charge in [0.1, 0.15) is 0 Å². The van der Waals surface area contributed by atoms with Crippen LogP contribution in [0.15, 0.2) is 18.2 Å². The van der Waals surface area contributed by atoms with Gasteiger partial charge in [0.15, 0.2) is 0 Å². The Bertz CT molecular complexity index is 437. The summed E-state index contributed by atoms with van der Waals surface area (Å²) in [5.41, 5.74) is 0.231. The van der Waals surface area contributed by atoms with Crippen LogP contribution >= 0.6 is 23.2 Å². The summed E-state index contributed by atoms with van der Waals surface area (Å²) in [7, 11) is -3.42. The van der Waals surface area contributed by atoms with Gasteiger partial charge in [-0.25, -0.2) is 8.42 Å². The maximum Gasteiger partial charge on any atom is 0.235 e. The highest BCUT2D eigenvalue weighted by Gasteiger charge is 2.18. The van der Waals surface area contributed by atoms with E-state index in [1.807, 2.05) is 0 Å². The molecule has 0 fully saturated rings. The Hall–Kier alpha value is -0.450. The molecular formula is C9H11Cl2NO2S. The smallest absolute Gasteiger partial charge is 0.235 e. The molecule has 0 unspecified atom stereocenters. The minimum atomic E-state index is -3.42. The number of nitrogens with one attached hydrogen (secondary N) is 1. The van der Waals surface area contributed by atoms with E-state index in [0.717, 1.165) is 0 Å². The van der Waals surface area contributed by atoms with Crippen LogP contribution in [0.5, 0.6) is 0 Å². The van der Waals surface area contributed by atoms with Gasteiger partial charge in [-0.15, -0.1) is 0 Å². The number of anilines is 1. The molecule has 0 aliphatic heterocycles. The fraction of sp³-hybridized carbons (Fsp3) is 0.333. The number of benzene rings is 1. The first kappa shape index (κ1) is 12.6. The van der Waals surface area contributed by atoms with Gasteiger partial charge >= 0.3 is 0 Å². The lowest BCUT2D eigenvalue weighted by molar-refractivity contribution is 0.593. The fourth-order valence-corrected chi connectivity index (χ4v) is 2.20. The Labute approximate surface area is 99.4 Å². The van der Waals surface area contributed by atoms with Crippen LogP contribution < -0.4 is 4.72 Å². The molecule has 1 rings (SSSR count). The summed E-state index contributed by atoms with van der Waals surface area (Å²) in [5.74, 6) is 0. The second-order valence-corrected chi connectivity index (χ2v) is 6.34. The van der Waals surface area contributed by atoms with Crippen molar-refractivity contribution in [3.63, 3.8) is 0 Å². The molecule has 0 heterocycles. The summed E-state index contributed by atoms with van der Waals surface area (Å²) in [4.78, 5) is 0. The molecule has 3 nitrogen and oxygen atoms in total. The molecule has 0 radical (unpaired) electrons. The van der Waals surface area contributed by atoms with Crippen molar-refractivity contribution in [2.45, 2.75) is 19.1 Å². The Kier molecular flexibility index (Phi) is 3.87. The summed E-state index contributed by atoms with van der Waals surface area (Å²) in [6.45, 7) is 3.15. The maximum atomic E-state index is 11.6. The molecule has 0 spiro atoms. The fourth-order valence-electron chi connectivity index (χ4n) is 0.855. The highest BCUT2D eigenvalue weighted by molar-refractivity contribution is 7.93. The molecule has 15 heavy (non-hydrogen) atoms. The van der Waals surface area contributed by atoms with Gasteiger partial charge in [-0.2, -0.15) is 0 Å². The van der Waals surface area contributed by atoms with Crippen LogP contribution in [-0.2, 0) is 10.0 Å². The highest BCUT2D eigenvalue weighted by Crippen LogP contribution is 2.31. The minimum Gasteiger partial charge on any atom is -0.280 e. The van der Waals surface area contributed by atoms with E-state index in [1.54, 1.807) is 32.0 Å². The number of para-hydroxylation sites is 1. The van der Waals surface area contributed by atoms with Crippen LogP contribution in [0.4, 0.5) is 5.69 Å². The Morgan fingerprint density at radius 3 is 2.07 bits per heavy atom. The van der Waals surface area contributed by atoms with Gasteiger partial charge in [-0.1, -0.05) is 29.3 Å². The quantitative estimate of drug-likeness (QED) is 0.915. The van der Waals surface area contributed by atoms with Crippen molar-refractivity contribution in [3.8, 4) is 0 Å². The van der Waals surface area contributed by atoms with E-state index >= 15 is 0 Å². The molecule has 0 saturated carbocycles. The summed E-state index contributed by atoms with van der Waals surface area (Å²) in [6.07, 6.45) is 0. The van der Waals surface area contributed by atoms with Crippen molar-refractivity contribution in [1.82, 2.24) is 0 Å². The molecule has 0 atom stereocenters. The van der Waals surface area contributed by atoms with Gasteiger partial charge in [0.2, 0.25) is 10.0 Å². The molecule has 1 N–H and O–H groups in total. The predicted molar refractivity (Wildman–Crippen MR) is 64.1 cm³/mol. The lowest BCUT2D eigenvalue weighted by atomic mass is 10.3. The second-order valence-electron chi connectivity index (χ2n) is 3.29. The van der Waals surface area contributed by atoms with E-state index in [1.165, 1.54) is 0 Å².